The molecule has 7 nitrogen and oxygen atoms in total. The topological polar surface area (TPSA) is 90.0 Å². The predicted molar refractivity (Wildman–Crippen MR) is 110 cm³/mol. The van der Waals surface area contributed by atoms with Gasteiger partial charge in [0.25, 0.3) is 11.8 Å². The third kappa shape index (κ3) is 3.77. The lowest BCUT2D eigenvalue weighted by molar-refractivity contribution is -0.131. The van der Waals surface area contributed by atoms with Crippen molar-refractivity contribution in [3.8, 4) is 0 Å². The van der Waals surface area contributed by atoms with Gasteiger partial charge in [0.05, 0.1) is 5.69 Å². The summed E-state index contributed by atoms with van der Waals surface area (Å²) < 4.78 is 0.859. The molecule has 0 aliphatic carbocycles. The molecule has 2 aliphatic rings. The number of imide groups is 1. The van der Waals surface area contributed by atoms with Crippen LogP contribution in [-0.2, 0) is 9.59 Å². The Bertz CT molecular complexity index is 935. The molecule has 2 N–H and O–H groups in total. The zero-order chi connectivity index (χ0) is 20.5. The Morgan fingerprint density at radius 3 is 2.48 bits per heavy atom. The van der Waals surface area contributed by atoms with Gasteiger partial charge >= 0.3 is 6.03 Å². The number of nitrogens with zero attached hydrogens (tertiary/aromatic N) is 2. The fourth-order valence-corrected chi connectivity index (χ4v) is 4.09. The third-order valence-electron chi connectivity index (χ3n) is 5.34. The Hall–Kier alpha value is -2.71. The fraction of sp³-hybridized carbons (Fsp3) is 0.286. The van der Waals surface area contributed by atoms with Gasteiger partial charge in [0, 0.05) is 17.1 Å². The molecule has 2 aliphatic heterocycles. The average Bonchev–Trinajstić information content (AvgIpc) is 2.98. The van der Waals surface area contributed by atoms with E-state index in [1.165, 1.54) is 4.90 Å². The Kier molecular flexibility index (Phi) is 5.38. The van der Waals surface area contributed by atoms with E-state index in [9.17, 15) is 19.5 Å². The number of amides is 4. The summed E-state index contributed by atoms with van der Waals surface area (Å²) in [4.78, 5) is 40.8. The molecule has 0 unspecified atom stereocenters. The van der Waals surface area contributed by atoms with Gasteiger partial charge in [0.1, 0.15) is 6.04 Å². The second-order valence-corrected chi connectivity index (χ2v) is 8.10. The van der Waals surface area contributed by atoms with Crippen LogP contribution in [-0.4, -0.2) is 46.5 Å². The molecule has 0 aromatic heterocycles. The first kappa shape index (κ1) is 19.6. The van der Waals surface area contributed by atoms with Crippen molar-refractivity contribution < 1.29 is 19.5 Å². The first-order valence-electron chi connectivity index (χ1n) is 9.39. The van der Waals surface area contributed by atoms with Gasteiger partial charge in [0.2, 0.25) is 0 Å². The smallest absolute Gasteiger partial charge is 0.332 e. The molecular weight excluding hydrogens is 438 g/mol. The number of anilines is 1. The van der Waals surface area contributed by atoms with E-state index in [-0.39, 0.29) is 18.0 Å². The van der Waals surface area contributed by atoms with E-state index in [0.717, 1.165) is 4.47 Å². The van der Waals surface area contributed by atoms with Crippen molar-refractivity contribution in [2.24, 2.45) is 0 Å². The molecule has 29 heavy (non-hydrogen) atoms. The summed E-state index contributed by atoms with van der Waals surface area (Å²) in [6.45, 7) is 0.370. The van der Waals surface area contributed by atoms with Gasteiger partial charge in [-0.25, -0.2) is 9.69 Å². The summed E-state index contributed by atoms with van der Waals surface area (Å²) in [6.07, 6.45) is -0.420. The maximum Gasteiger partial charge on any atom is 0.332 e. The number of urea groups is 1. The molecule has 4 rings (SSSR count). The largest absolute Gasteiger partial charge is 0.378 e. The van der Waals surface area contributed by atoms with Crippen LogP contribution in [0.25, 0.3) is 0 Å². The van der Waals surface area contributed by atoms with Gasteiger partial charge in [-0.3, -0.25) is 9.59 Å². The van der Waals surface area contributed by atoms with Gasteiger partial charge in [-0.2, -0.15) is 0 Å². The van der Waals surface area contributed by atoms with E-state index >= 15 is 0 Å². The van der Waals surface area contributed by atoms with E-state index in [1.807, 2.05) is 6.07 Å². The number of carbonyl (C=O) groups is 3. The van der Waals surface area contributed by atoms with Crippen molar-refractivity contribution in [2.75, 3.05) is 11.4 Å². The van der Waals surface area contributed by atoms with Crippen LogP contribution in [0.1, 0.15) is 24.5 Å². The minimum Gasteiger partial charge on any atom is -0.378 e. The second-order valence-electron chi connectivity index (χ2n) is 7.18. The van der Waals surface area contributed by atoms with E-state index in [2.05, 4.69) is 21.2 Å². The van der Waals surface area contributed by atoms with Gasteiger partial charge in [-0.05, 0) is 42.7 Å². The summed E-state index contributed by atoms with van der Waals surface area (Å²) in [6, 6.07) is 14.4. The third-order valence-corrected chi connectivity index (χ3v) is 5.87. The Balaban J connectivity index is 1.44. The zero-order valence-electron chi connectivity index (χ0n) is 15.5. The Morgan fingerprint density at radius 2 is 1.79 bits per heavy atom. The van der Waals surface area contributed by atoms with Crippen molar-refractivity contribution in [2.45, 2.75) is 31.0 Å². The van der Waals surface area contributed by atoms with Gasteiger partial charge in [-0.1, -0.05) is 46.3 Å². The second kappa shape index (κ2) is 7.96. The van der Waals surface area contributed by atoms with E-state index in [1.54, 1.807) is 53.4 Å². The average molecular weight is 458 g/mol. The summed E-state index contributed by atoms with van der Waals surface area (Å²) in [5.74, 6) is -0.795. The molecule has 0 radical (unpaired) electrons. The van der Waals surface area contributed by atoms with Crippen LogP contribution in [0.15, 0.2) is 59.1 Å². The van der Waals surface area contributed by atoms with Crippen LogP contribution < -0.4 is 10.2 Å². The number of halogens is 1. The molecule has 2 aromatic carbocycles. The number of rotatable bonds is 4. The number of nitrogens with one attached hydrogen (secondary N) is 1. The van der Waals surface area contributed by atoms with E-state index in [0.29, 0.717) is 30.6 Å². The van der Waals surface area contributed by atoms with E-state index in [4.69, 9.17) is 0 Å². The molecule has 4 amide bonds. The molecular formula is C21H20BrN3O4. The molecule has 0 bridgehead atoms. The minimum atomic E-state index is -1.27. The molecule has 2 fully saturated rings. The van der Waals surface area contributed by atoms with Crippen LogP contribution >= 0.6 is 15.9 Å². The predicted octanol–water partition coefficient (Wildman–Crippen LogP) is 2.60. The molecule has 2 saturated heterocycles. The van der Waals surface area contributed by atoms with Crippen LogP contribution in [0.2, 0.25) is 0 Å². The molecule has 8 heteroatoms. The number of aliphatic hydroxyl groups is 1. The highest BCUT2D eigenvalue weighted by atomic mass is 79.9. The van der Waals surface area contributed by atoms with Crippen LogP contribution in [0.4, 0.5) is 10.5 Å². The van der Waals surface area contributed by atoms with Crippen molar-refractivity contribution in [3.63, 3.8) is 0 Å². The first-order chi connectivity index (χ1) is 14.0. The highest BCUT2D eigenvalue weighted by Gasteiger charge is 2.48. The lowest BCUT2D eigenvalue weighted by atomic mass is 9.97. The number of hydrogen-bond donors (Lipinski definition) is 2. The van der Waals surface area contributed by atoms with Crippen LogP contribution in [0.5, 0.6) is 0 Å². The summed E-state index contributed by atoms with van der Waals surface area (Å²) in [5, 5.41) is 13.1. The first-order valence-corrected chi connectivity index (χ1v) is 10.2. The molecule has 3 atom stereocenters. The number of hydrogen-bond acceptors (Lipinski definition) is 4. The lowest BCUT2D eigenvalue weighted by Crippen LogP contribution is -2.50. The van der Waals surface area contributed by atoms with Gasteiger partial charge < -0.3 is 15.3 Å². The SMILES string of the molecule is O=C(N[C@@H]1CCN2C(=O)N(c3ccc(Br)cc3)C(=O)[C@@H]2C1)[C@@H](O)c1ccccc1. The van der Waals surface area contributed by atoms with Crippen molar-refractivity contribution in [1.29, 1.82) is 0 Å². The number of piperidine rings is 1. The summed E-state index contributed by atoms with van der Waals surface area (Å²) >= 11 is 3.35. The normalized spacial score (nSPS) is 22.4. The summed E-state index contributed by atoms with van der Waals surface area (Å²) in [7, 11) is 0. The molecule has 2 aromatic rings. The monoisotopic (exact) mass is 457 g/mol. The number of carbonyl (C=O) groups excluding carboxylic acids is 3. The summed E-state index contributed by atoms with van der Waals surface area (Å²) in [5.41, 5.74) is 1.04. The minimum absolute atomic E-state index is 0.288. The maximum absolute atomic E-state index is 12.9. The van der Waals surface area contributed by atoms with Gasteiger partial charge in [-0.15, -0.1) is 0 Å². The Labute approximate surface area is 176 Å². The highest BCUT2D eigenvalue weighted by molar-refractivity contribution is 9.10. The molecule has 0 spiro atoms. The van der Waals surface area contributed by atoms with Crippen molar-refractivity contribution in [3.05, 3.63) is 64.6 Å². The van der Waals surface area contributed by atoms with Crippen LogP contribution in [0.3, 0.4) is 0 Å². The maximum atomic E-state index is 12.9. The molecule has 150 valence electrons. The van der Waals surface area contributed by atoms with E-state index < -0.39 is 18.1 Å². The fourth-order valence-electron chi connectivity index (χ4n) is 3.83. The molecule has 0 saturated carbocycles. The zero-order valence-corrected chi connectivity index (χ0v) is 17.1. The lowest BCUT2D eigenvalue weighted by Gasteiger charge is -2.33. The molecule has 2 heterocycles. The Morgan fingerprint density at radius 1 is 1.10 bits per heavy atom. The van der Waals surface area contributed by atoms with Crippen molar-refractivity contribution >= 4 is 39.5 Å². The standard InChI is InChI=1S/C21H20BrN3O4/c22-14-6-8-16(9-7-14)25-20(28)17-12-15(10-11-24(17)21(25)29)23-19(27)18(26)13-4-2-1-3-5-13/h1-9,15,17-18,26H,10-12H2,(H,23,27)/t15-,17+,18+/m1/s1. The highest BCUT2D eigenvalue weighted by Crippen LogP contribution is 2.31. The quantitative estimate of drug-likeness (QED) is 0.690. The number of fused-ring (bicyclic) bond motifs is 1. The van der Waals surface area contributed by atoms with Gasteiger partial charge in [0.15, 0.2) is 6.10 Å². The number of aliphatic hydroxyl groups excluding tert-OH is 1. The van der Waals surface area contributed by atoms with Crippen LogP contribution in [0, 0.1) is 0 Å². The number of benzene rings is 2. The van der Waals surface area contributed by atoms with Crippen molar-refractivity contribution in [1.82, 2.24) is 10.2 Å².